The fraction of sp³-hybridized carbons (Fsp3) is 0.316. The van der Waals surface area contributed by atoms with E-state index in [4.69, 9.17) is 14.2 Å². The number of esters is 1. The van der Waals surface area contributed by atoms with E-state index in [1.807, 2.05) is 31.2 Å². The number of hydrogen-bond donors (Lipinski definition) is 0. The second kappa shape index (κ2) is 7.78. The molecule has 0 amide bonds. The van der Waals surface area contributed by atoms with Crippen LogP contribution >= 0.6 is 0 Å². The molecule has 1 heterocycles. The van der Waals surface area contributed by atoms with Gasteiger partial charge in [0.2, 0.25) is 0 Å². The van der Waals surface area contributed by atoms with Crippen LogP contribution in [0.15, 0.2) is 47.4 Å². The summed E-state index contributed by atoms with van der Waals surface area (Å²) >= 11 is 0. The van der Waals surface area contributed by atoms with Crippen LogP contribution in [-0.2, 0) is 26.0 Å². The third-order valence-electron chi connectivity index (χ3n) is 3.97. The molecule has 2 aromatic carbocycles. The Morgan fingerprint density at radius 1 is 1.04 bits per heavy atom. The summed E-state index contributed by atoms with van der Waals surface area (Å²) < 4.78 is 40.8. The van der Waals surface area contributed by atoms with Crippen molar-refractivity contribution in [3.8, 4) is 11.5 Å². The third-order valence-corrected chi connectivity index (χ3v) is 5.68. The predicted molar refractivity (Wildman–Crippen MR) is 95.1 cm³/mol. The minimum Gasteiger partial charge on any atom is -0.486 e. The van der Waals surface area contributed by atoms with Gasteiger partial charge in [-0.3, -0.25) is 4.79 Å². The standard InChI is InChI=1S/C19H20O6S/c1-14-2-4-15(5-3-14)13-25-19(20)8-11-26(21,22)16-6-7-17-18(12-16)24-10-9-23-17/h2-7,12H,8-11,13H2,1H3. The summed E-state index contributed by atoms with van der Waals surface area (Å²) in [5.41, 5.74) is 1.98. The molecule has 1 aliphatic heterocycles. The fourth-order valence-corrected chi connectivity index (χ4v) is 3.71. The van der Waals surface area contributed by atoms with E-state index in [-0.39, 0.29) is 23.7 Å². The molecule has 0 saturated heterocycles. The molecule has 2 aromatic rings. The van der Waals surface area contributed by atoms with Crippen molar-refractivity contribution in [2.75, 3.05) is 19.0 Å². The van der Waals surface area contributed by atoms with Crippen molar-refractivity contribution in [2.24, 2.45) is 0 Å². The van der Waals surface area contributed by atoms with Crippen molar-refractivity contribution in [3.63, 3.8) is 0 Å². The van der Waals surface area contributed by atoms with Gasteiger partial charge in [-0.25, -0.2) is 8.42 Å². The number of hydrogen-bond acceptors (Lipinski definition) is 6. The minimum atomic E-state index is -3.61. The summed E-state index contributed by atoms with van der Waals surface area (Å²) in [6.07, 6.45) is -0.206. The minimum absolute atomic E-state index is 0.105. The van der Waals surface area contributed by atoms with Crippen molar-refractivity contribution in [2.45, 2.75) is 24.8 Å². The monoisotopic (exact) mass is 376 g/mol. The highest BCUT2D eigenvalue weighted by Gasteiger charge is 2.21. The number of rotatable bonds is 6. The first kappa shape index (κ1) is 18.3. The number of carbonyl (C=O) groups is 1. The lowest BCUT2D eigenvalue weighted by Gasteiger charge is -2.18. The highest BCUT2D eigenvalue weighted by molar-refractivity contribution is 7.91. The number of ether oxygens (including phenoxy) is 3. The van der Waals surface area contributed by atoms with Crippen molar-refractivity contribution < 1.29 is 27.4 Å². The average molecular weight is 376 g/mol. The molecular weight excluding hydrogens is 356 g/mol. The molecule has 138 valence electrons. The first-order chi connectivity index (χ1) is 12.4. The molecule has 0 aliphatic carbocycles. The highest BCUT2D eigenvalue weighted by Crippen LogP contribution is 2.32. The van der Waals surface area contributed by atoms with Crippen LogP contribution in [-0.4, -0.2) is 33.4 Å². The van der Waals surface area contributed by atoms with E-state index in [1.54, 1.807) is 6.07 Å². The van der Waals surface area contributed by atoms with Crippen molar-refractivity contribution in [1.29, 1.82) is 0 Å². The van der Waals surface area contributed by atoms with E-state index in [0.29, 0.717) is 24.7 Å². The van der Waals surface area contributed by atoms with E-state index < -0.39 is 15.8 Å². The molecule has 26 heavy (non-hydrogen) atoms. The second-order valence-corrected chi connectivity index (χ2v) is 8.13. The van der Waals surface area contributed by atoms with Crippen molar-refractivity contribution in [3.05, 3.63) is 53.6 Å². The topological polar surface area (TPSA) is 78.9 Å². The number of fused-ring (bicyclic) bond motifs is 1. The third kappa shape index (κ3) is 4.54. The van der Waals surface area contributed by atoms with Crippen LogP contribution in [0.5, 0.6) is 11.5 Å². The SMILES string of the molecule is Cc1ccc(COC(=O)CCS(=O)(=O)c2ccc3c(c2)OCCO3)cc1. The predicted octanol–water partition coefficient (Wildman–Crippen LogP) is 2.67. The quantitative estimate of drug-likeness (QED) is 0.721. The van der Waals surface area contributed by atoms with Gasteiger partial charge in [0.15, 0.2) is 21.3 Å². The molecule has 0 saturated carbocycles. The molecule has 0 fully saturated rings. The van der Waals surface area contributed by atoms with Crippen LogP contribution in [0.1, 0.15) is 17.5 Å². The van der Waals surface area contributed by atoms with E-state index in [2.05, 4.69) is 0 Å². The van der Waals surface area contributed by atoms with Crippen LogP contribution in [0.2, 0.25) is 0 Å². The van der Waals surface area contributed by atoms with Gasteiger partial charge in [-0.05, 0) is 24.6 Å². The molecule has 0 aromatic heterocycles. The summed E-state index contributed by atoms with van der Waals surface area (Å²) in [6.45, 7) is 2.91. The average Bonchev–Trinajstić information content (AvgIpc) is 2.65. The lowest BCUT2D eigenvalue weighted by atomic mass is 10.2. The van der Waals surface area contributed by atoms with Gasteiger partial charge < -0.3 is 14.2 Å². The lowest BCUT2D eigenvalue weighted by molar-refractivity contribution is -0.144. The van der Waals surface area contributed by atoms with Gasteiger partial charge in [0.05, 0.1) is 17.1 Å². The van der Waals surface area contributed by atoms with E-state index in [1.165, 1.54) is 12.1 Å². The molecule has 3 rings (SSSR count). The molecular formula is C19H20O6S. The number of benzene rings is 2. The Balaban J connectivity index is 1.56. The smallest absolute Gasteiger partial charge is 0.307 e. The van der Waals surface area contributed by atoms with E-state index in [9.17, 15) is 13.2 Å². The Hall–Kier alpha value is -2.54. The van der Waals surface area contributed by atoms with Crippen LogP contribution < -0.4 is 9.47 Å². The van der Waals surface area contributed by atoms with Gasteiger partial charge in [-0.15, -0.1) is 0 Å². The zero-order valence-corrected chi connectivity index (χ0v) is 15.3. The van der Waals surface area contributed by atoms with Gasteiger partial charge in [0.1, 0.15) is 19.8 Å². The van der Waals surface area contributed by atoms with Gasteiger partial charge >= 0.3 is 5.97 Å². The van der Waals surface area contributed by atoms with Gasteiger partial charge in [0.25, 0.3) is 0 Å². The molecule has 0 bridgehead atoms. The summed E-state index contributed by atoms with van der Waals surface area (Å²) in [7, 11) is -3.61. The molecule has 0 atom stereocenters. The Morgan fingerprint density at radius 3 is 2.46 bits per heavy atom. The molecule has 0 spiro atoms. The maximum Gasteiger partial charge on any atom is 0.307 e. The Labute approximate surface area is 152 Å². The van der Waals surface area contributed by atoms with E-state index >= 15 is 0 Å². The summed E-state index contributed by atoms with van der Waals surface area (Å²) in [5, 5.41) is 0. The summed E-state index contributed by atoms with van der Waals surface area (Å²) in [6, 6.07) is 12.0. The maximum absolute atomic E-state index is 12.4. The Kier molecular flexibility index (Phi) is 5.46. The Bertz CT molecular complexity index is 887. The first-order valence-corrected chi connectivity index (χ1v) is 9.93. The molecule has 0 unspecified atom stereocenters. The van der Waals surface area contributed by atoms with Crippen LogP contribution in [0.4, 0.5) is 0 Å². The maximum atomic E-state index is 12.4. The highest BCUT2D eigenvalue weighted by atomic mass is 32.2. The van der Waals surface area contributed by atoms with Gasteiger partial charge in [-0.2, -0.15) is 0 Å². The zero-order chi connectivity index (χ0) is 18.6. The first-order valence-electron chi connectivity index (χ1n) is 8.28. The number of aryl methyl sites for hydroxylation is 1. The molecule has 1 aliphatic rings. The lowest BCUT2D eigenvalue weighted by Crippen LogP contribution is -2.17. The van der Waals surface area contributed by atoms with Crippen LogP contribution in [0, 0.1) is 6.92 Å². The van der Waals surface area contributed by atoms with Crippen LogP contribution in [0.3, 0.4) is 0 Å². The second-order valence-electron chi connectivity index (χ2n) is 6.02. The van der Waals surface area contributed by atoms with Gasteiger partial charge in [-0.1, -0.05) is 29.8 Å². The molecule has 0 N–H and O–H groups in total. The molecule has 7 heteroatoms. The molecule has 6 nitrogen and oxygen atoms in total. The fourth-order valence-electron chi connectivity index (χ4n) is 2.47. The number of carbonyl (C=O) groups excluding carboxylic acids is 1. The number of sulfone groups is 1. The largest absolute Gasteiger partial charge is 0.486 e. The molecule has 0 radical (unpaired) electrons. The van der Waals surface area contributed by atoms with Crippen LogP contribution in [0.25, 0.3) is 0 Å². The Morgan fingerprint density at radius 2 is 1.73 bits per heavy atom. The normalized spacial score (nSPS) is 13.3. The van der Waals surface area contributed by atoms with Gasteiger partial charge in [0, 0.05) is 6.07 Å². The summed E-state index contributed by atoms with van der Waals surface area (Å²) in [4.78, 5) is 12.0. The van der Waals surface area contributed by atoms with Crippen molar-refractivity contribution >= 4 is 15.8 Å². The zero-order valence-electron chi connectivity index (χ0n) is 14.4. The van der Waals surface area contributed by atoms with E-state index in [0.717, 1.165) is 11.1 Å². The summed E-state index contributed by atoms with van der Waals surface area (Å²) in [5.74, 6) is 0.0537. The van der Waals surface area contributed by atoms with Crippen molar-refractivity contribution in [1.82, 2.24) is 0 Å².